The normalized spacial score (nSPS) is 11.5. The topological polar surface area (TPSA) is 91.4 Å². The first-order valence-electron chi connectivity index (χ1n) is 4.73. The molecule has 0 aliphatic rings. The molecule has 0 saturated heterocycles. The van der Waals surface area contributed by atoms with Gasteiger partial charge in [-0.05, 0) is 25.5 Å². The van der Waals surface area contributed by atoms with Crippen LogP contribution in [0.4, 0.5) is 11.5 Å². The summed E-state index contributed by atoms with van der Waals surface area (Å²) >= 11 is 0. The Hall–Kier alpha value is -1.33. The Morgan fingerprint density at radius 2 is 2.07 bits per heavy atom. The van der Waals surface area contributed by atoms with E-state index in [-0.39, 0.29) is 13.2 Å². The van der Waals surface area contributed by atoms with Gasteiger partial charge in [-0.25, -0.2) is 4.98 Å². The highest BCUT2D eigenvalue weighted by Crippen LogP contribution is 2.22. The van der Waals surface area contributed by atoms with Crippen molar-refractivity contribution in [3.05, 3.63) is 17.8 Å². The van der Waals surface area contributed by atoms with Crippen LogP contribution in [0.25, 0.3) is 0 Å². The molecule has 0 unspecified atom stereocenters. The van der Waals surface area contributed by atoms with Crippen molar-refractivity contribution in [1.82, 2.24) is 4.98 Å². The molecule has 1 aromatic heterocycles. The lowest BCUT2D eigenvalue weighted by molar-refractivity contribution is 0.147. The van der Waals surface area contributed by atoms with Crippen molar-refractivity contribution in [2.45, 2.75) is 19.4 Å². The smallest absolute Gasteiger partial charge is 0.150 e. The molecule has 5 N–H and O–H groups in total. The highest BCUT2D eigenvalue weighted by atomic mass is 16.3. The number of pyridine rings is 1. The maximum Gasteiger partial charge on any atom is 0.150 e. The highest BCUT2D eigenvalue weighted by molar-refractivity contribution is 5.65. The Morgan fingerprint density at radius 1 is 1.47 bits per heavy atom. The van der Waals surface area contributed by atoms with Crippen LogP contribution in [0.1, 0.15) is 12.5 Å². The van der Waals surface area contributed by atoms with Gasteiger partial charge in [0.05, 0.1) is 24.4 Å². The zero-order valence-corrected chi connectivity index (χ0v) is 8.99. The second-order valence-electron chi connectivity index (χ2n) is 3.89. The monoisotopic (exact) mass is 211 g/mol. The number of nitrogens with zero attached hydrogens (tertiary/aromatic N) is 1. The molecule has 0 radical (unpaired) electrons. The first kappa shape index (κ1) is 11.7. The Balaban J connectivity index is 2.94. The van der Waals surface area contributed by atoms with Gasteiger partial charge in [0.1, 0.15) is 5.82 Å². The van der Waals surface area contributed by atoms with E-state index in [0.717, 1.165) is 5.56 Å². The van der Waals surface area contributed by atoms with Crippen LogP contribution >= 0.6 is 0 Å². The number of aromatic nitrogens is 1. The van der Waals surface area contributed by atoms with Gasteiger partial charge in [-0.1, -0.05) is 0 Å². The molecule has 5 heteroatoms. The summed E-state index contributed by atoms with van der Waals surface area (Å²) in [7, 11) is 0. The summed E-state index contributed by atoms with van der Waals surface area (Å²) < 4.78 is 0. The summed E-state index contributed by atoms with van der Waals surface area (Å²) in [5, 5.41) is 21.2. The molecule has 0 fully saturated rings. The van der Waals surface area contributed by atoms with E-state index in [4.69, 9.17) is 15.9 Å². The summed E-state index contributed by atoms with van der Waals surface area (Å²) in [6.45, 7) is 3.17. The van der Waals surface area contributed by atoms with Crippen molar-refractivity contribution in [3.63, 3.8) is 0 Å². The molecule has 0 atom stereocenters. The molecule has 0 saturated carbocycles. The Bertz CT molecular complexity index is 337. The van der Waals surface area contributed by atoms with Crippen molar-refractivity contribution >= 4 is 11.5 Å². The van der Waals surface area contributed by atoms with Gasteiger partial charge in [0.2, 0.25) is 0 Å². The van der Waals surface area contributed by atoms with Crippen molar-refractivity contribution in [2.75, 3.05) is 24.3 Å². The summed E-state index contributed by atoms with van der Waals surface area (Å²) in [6.07, 6.45) is 1.63. The first-order valence-corrected chi connectivity index (χ1v) is 4.73. The Morgan fingerprint density at radius 3 is 2.60 bits per heavy atom. The molecule has 0 amide bonds. The minimum Gasteiger partial charge on any atom is -0.396 e. The Labute approximate surface area is 89.0 Å². The van der Waals surface area contributed by atoms with Gasteiger partial charge in [-0.15, -0.1) is 0 Å². The number of aryl methyl sites for hydroxylation is 1. The fourth-order valence-corrected chi connectivity index (χ4v) is 1.08. The van der Waals surface area contributed by atoms with E-state index in [2.05, 4.69) is 10.3 Å². The van der Waals surface area contributed by atoms with Gasteiger partial charge in [0.15, 0.2) is 0 Å². The van der Waals surface area contributed by atoms with E-state index in [1.807, 2.05) is 6.92 Å². The zero-order chi connectivity index (χ0) is 11.5. The zero-order valence-electron chi connectivity index (χ0n) is 8.99. The number of hydrogen-bond donors (Lipinski definition) is 4. The summed E-state index contributed by atoms with van der Waals surface area (Å²) in [5.41, 5.74) is 6.44. The van der Waals surface area contributed by atoms with E-state index >= 15 is 0 Å². The maximum atomic E-state index is 9.12. The molecular weight excluding hydrogens is 194 g/mol. The number of rotatable bonds is 4. The second-order valence-corrected chi connectivity index (χ2v) is 3.89. The molecule has 1 aromatic rings. The average molecular weight is 211 g/mol. The molecule has 15 heavy (non-hydrogen) atoms. The fraction of sp³-hybridized carbons (Fsp3) is 0.500. The lowest BCUT2D eigenvalue weighted by Crippen LogP contribution is -2.43. The molecule has 0 aliphatic carbocycles. The van der Waals surface area contributed by atoms with Gasteiger partial charge < -0.3 is 21.3 Å². The highest BCUT2D eigenvalue weighted by Gasteiger charge is 2.23. The van der Waals surface area contributed by atoms with Crippen LogP contribution in [-0.4, -0.2) is 33.9 Å². The number of hydrogen-bond acceptors (Lipinski definition) is 5. The number of anilines is 2. The predicted octanol–water partition coefficient (Wildman–Crippen LogP) is 0.127. The van der Waals surface area contributed by atoms with Crippen molar-refractivity contribution < 1.29 is 10.2 Å². The molecule has 84 valence electrons. The summed E-state index contributed by atoms with van der Waals surface area (Å²) in [5.74, 6) is 0.487. The minimum atomic E-state index is -0.811. The van der Waals surface area contributed by atoms with Crippen LogP contribution in [0, 0.1) is 6.92 Å². The van der Waals surface area contributed by atoms with E-state index < -0.39 is 5.54 Å². The average Bonchev–Trinajstić information content (AvgIpc) is 2.25. The molecule has 1 heterocycles. The predicted molar refractivity (Wildman–Crippen MR) is 59.6 cm³/mol. The molecule has 0 aromatic carbocycles. The number of aliphatic hydroxyl groups is 2. The molecule has 0 bridgehead atoms. The maximum absolute atomic E-state index is 9.12. The molecular formula is C10H17N3O2. The van der Waals surface area contributed by atoms with Gasteiger partial charge in [-0.2, -0.15) is 0 Å². The number of aliphatic hydroxyl groups excluding tert-OH is 2. The quantitative estimate of drug-likeness (QED) is 0.568. The number of nitrogens with two attached hydrogens (primary N) is 1. The fourth-order valence-electron chi connectivity index (χ4n) is 1.08. The Kier molecular flexibility index (Phi) is 3.49. The second kappa shape index (κ2) is 4.46. The van der Waals surface area contributed by atoms with E-state index in [1.54, 1.807) is 19.2 Å². The molecule has 0 aliphatic heterocycles. The van der Waals surface area contributed by atoms with E-state index in [9.17, 15) is 0 Å². The molecule has 0 spiro atoms. The summed E-state index contributed by atoms with van der Waals surface area (Å²) in [6, 6.07) is 1.80. The van der Waals surface area contributed by atoms with E-state index in [1.165, 1.54) is 0 Å². The largest absolute Gasteiger partial charge is 0.396 e. The van der Waals surface area contributed by atoms with Gasteiger partial charge in [0, 0.05) is 6.20 Å². The number of nitrogen functional groups attached to an aromatic ring is 1. The van der Waals surface area contributed by atoms with Gasteiger partial charge >= 0.3 is 0 Å². The SMILES string of the molecule is Cc1ccnc(NC(C)(CO)CO)c1N. The van der Waals surface area contributed by atoms with Crippen molar-refractivity contribution in [3.8, 4) is 0 Å². The van der Waals surface area contributed by atoms with Crippen LogP contribution < -0.4 is 11.1 Å². The van der Waals surface area contributed by atoms with Gasteiger partial charge in [-0.3, -0.25) is 0 Å². The third-order valence-corrected chi connectivity index (χ3v) is 2.33. The third kappa shape index (κ3) is 2.57. The van der Waals surface area contributed by atoms with Crippen LogP contribution in [0.5, 0.6) is 0 Å². The molecule has 5 nitrogen and oxygen atoms in total. The first-order chi connectivity index (χ1) is 7.02. The minimum absolute atomic E-state index is 0.196. The third-order valence-electron chi connectivity index (χ3n) is 2.33. The van der Waals surface area contributed by atoms with Crippen LogP contribution in [0.2, 0.25) is 0 Å². The lowest BCUT2D eigenvalue weighted by atomic mass is 10.1. The number of nitrogens with one attached hydrogen (secondary N) is 1. The van der Waals surface area contributed by atoms with Crippen LogP contribution in [-0.2, 0) is 0 Å². The summed E-state index contributed by atoms with van der Waals surface area (Å²) in [4.78, 5) is 4.06. The van der Waals surface area contributed by atoms with Gasteiger partial charge in [0.25, 0.3) is 0 Å². The van der Waals surface area contributed by atoms with E-state index in [0.29, 0.717) is 11.5 Å². The van der Waals surface area contributed by atoms with Crippen molar-refractivity contribution in [2.24, 2.45) is 0 Å². The standard InChI is InChI=1S/C10H17N3O2/c1-7-3-4-12-9(8(7)11)13-10(2,5-14)6-15/h3-4,14-15H,5-6,11H2,1-2H3,(H,12,13). The lowest BCUT2D eigenvalue weighted by Gasteiger charge is -2.27. The van der Waals surface area contributed by atoms with Crippen molar-refractivity contribution in [1.29, 1.82) is 0 Å². The van der Waals surface area contributed by atoms with Crippen LogP contribution in [0.3, 0.4) is 0 Å². The molecule has 1 rings (SSSR count). The van der Waals surface area contributed by atoms with Crippen LogP contribution in [0.15, 0.2) is 12.3 Å².